The summed E-state index contributed by atoms with van der Waals surface area (Å²) in [6.07, 6.45) is 3.43. The molecular formula is C12H16N4O2S. The Hall–Kier alpha value is -1.86. The lowest BCUT2D eigenvalue weighted by Crippen LogP contribution is -2.28. The Morgan fingerprint density at radius 3 is 2.84 bits per heavy atom. The van der Waals surface area contributed by atoms with Crippen LogP contribution < -0.4 is 10.5 Å². The molecule has 0 aliphatic heterocycles. The van der Waals surface area contributed by atoms with Gasteiger partial charge in [-0.15, -0.1) is 0 Å². The van der Waals surface area contributed by atoms with Gasteiger partial charge < -0.3 is 5.73 Å². The number of hydrogen-bond donors (Lipinski definition) is 2. The van der Waals surface area contributed by atoms with Crippen molar-refractivity contribution in [3.8, 4) is 0 Å². The molecule has 102 valence electrons. The smallest absolute Gasteiger partial charge is 0.240 e. The average Bonchev–Trinajstić information content (AvgIpc) is 2.81. The van der Waals surface area contributed by atoms with E-state index in [0.29, 0.717) is 17.8 Å². The molecule has 19 heavy (non-hydrogen) atoms. The fourth-order valence-electron chi connectivity index (χ4n) is 1.78. The second-order valence-corrected chi connectivity index (χ2v) is 5.93. The van der Waals surface area contributed by atoms with Gasteiger partial charge in [0.05, 0.1) is 11.4 Å². The summed E-state index contributed by atoms with van der Waals surface area (Å²) < 4.78 is 28.4. The molecule has 0 amide bonds. The van der Waals surface area contributed by atoms with E-state index in [1.54, 1.807) is 42.2 Å². The summed E-state index contributed by atoms with van der Waals surface area (Å²) >= 11 is 0. The molecule has 0 fully saturated rings. The van der Waals surface area contributed by atoms with E-state index in [1.165, 1.54) is 6.07 Å². The maximum Gasteiger partial charge on any atom is 0.240 e. The quantitative estimate of drug-likeness (QED) is 0.791. The van der Waals surface area contributed by atoms with Crippen LogP contribution in [-0.4, -0.2) is 24.7 Å². The third-order valence-electron chi connectivity index (χ3n) is 2.68. The van der Waals surface area contributed by atoms with Crippen LogP contribution >= 0.6 is 0 Å². The van der Waals surface area contributed by atoms with E-state index < -0.39 is 10.0 Å². The first kappa shape index (κ1) is 13.6. The molecule has 0 atom stereocenters. The van der Waals surface area contributed by atoms with Gasteiger partial charge >= 0.3 is 0 Å². The number of benzene rings is 1. The molecule has 0 saturated carbocycles. The van der Waals surface area contributed by atoms with Crippen LogP contribution in [0.2, 0.25) is 0 Å². The van der Waals surface area contributed by atoms with Crippen molar-refractivity contribution in [2.24, 2.45) is 0 Å². The normalized spacial score (nSPS) is 11.6. The Morgan fingerprint density at radius 1 is 1.42 bits per heavy atom. The number of hydrogen-bond acceptors (Lipinski definition) is 4. The average molecular weight is 280 g/mol. The Kier molecular flexibility index (Phi) is 3.87. The van der Waals surface area contributed by atoms with Crippen molar-refractivity contribution in [2.45, 2.75) is 18.4 Å². The predicted molar refractivity (Wildman–Crippen MR) is 73.0 cm³/mol. The zero-order valence-corrected chi connectivity index (χ0v) is 11.4. The van der Waals surface area contributed by atoms with E-state index in [2.05, 4.69) is 9.82 Å². The van der Waals surface area contributed by atoms with Crippen LogP contribution in [0.5, 0.6) is 0 Å². The monoisotopic (exact) mass is 280 g/mol. The number of nitrogen functional groups attached to an aromatic ring is 1. The zero-order chi connectivity index (χ0) is 13.9. The maximum atomic E-state index is 12.1. The van der Waals surface area contributed by atoms with Crippen LogP contribution in [0.3, 0.4) is 0 Å². The lowest BCUT2D eigenvalue weighted by Gasteiger charge is -2.09. The minimum absolute atomic E-state index is 0.252. The fraction of sp³-hybridized carbons (Fsp3) is 0.250. The molecule has 1 heterocycles. The molecule has 0 aliphatic rings. The third kappa shape index (κ3) is 3.33. The van der Waals surface area contributed by atoms with Gasteiger partial charge in [0, 0.05) is 24.6 Å². The van der Waals surface area contributed by atoms with E-state index in [-0.39, 0.29) is 11.4 Å². The SMILES string of the molecule is Cc1cc(N)ccc1S(=O)(=O)NCCn1cccn1. The van der Waals surface area contributed by atoms with Crippen LogP contribution in [0.25, 0.3) is 0 Å². The number of aromatic nitrogens is 2. The summed E-state index contributed by atoms with van der Waals surface area (Å²) in [5.41, 5.74) is 6.79. The first-order valence-electron chi connectivity index (χ1n) is 5.82. The first-order chi connectivity index (χ1) is 8.99. The third-order valence-corrected chi connectivity index (χ3v) is 4.30. The summed E-state index contributed by atoms with van der Waals surface area (Å²) in [7, 11) is -3.51. The number of anilines is 1. The lowest BCUT2D eigenvalue weighted by atomic mass is 10.2. The van der Waals surface area contributed by atoms with Gasteiger partial charge in [-0.2, -0.15) is 5.10 Å². The van der Waals surface area contributed by atoms with E-state index in [0.717, 1.165) is 0 Å². The van der Waals surface area contributed by atoms with Crippen LogP contribution in [0.4, 0.5) is 5.69 Å². The van der Waals surface area contributed by atoms with Gasteiger partial charge in [0.25, 0.3) is 0 Å². The van der Waals surface area contributed by atoms with Crippen molar-refractivity contribution in [1.82, 2.24) is 14.5 Å². The van der Waals surface area contributed by atoms with Crippen molar-refractivity contribution in [2.75, 3.05) is 12.3 Å². The molecule has 1 aromatic heterocycles. The predicted octanol–water partition coefficient (Wildman–Crippen LogP) is 0.752. The second-order valence-electron chi connectivity index (χ2n) is 4.19. The van der Waals surface area contributed by atoms with Gasteiger partial charge in [0.15, 0.2) is 0 Å². The van der Waals surface area contributed by atoms with Crippen molar-refractivity contribution in [1.29, 1.82) is 0 Å². The van der Waals surface area contributed by atoms with Gasteiger partial charge in [-0.1, -0.05) is 0 Å². The Labute approximate surface area is 112 Å². The maximum absolute atomic E-state index is 12.1. The highest BCUT2D eigenvalue weighted by Crippen LogP contribution is 2.17. The summed E-state index contributed by atoms with van der Waals surface area (Å²) in [5, 5.41) is 4.00. The highest BCUT2D eigenvalue weighted by atomic mass is 32.2. The summed E-state index contributed by atoms with van der Waals surface area (Å²) in [5.74, 6) is 0. The first-order valence-corrected chi connectivity index (χ1v) is 7.30. The van der Waals surface area contributed by atoms with Crippen molar-refractivity contribution in [3.05, 3.63) is 42.2 Å². The topological polar surface area (TPSA) is 90.0 Å². The summed E-state index contributed by atoms with van der Waals surface area (Å²) in [6, 6.07) is 6.52. The summed E-state index contributed by atoms with van der Waals surface area (Å²) in [6.45, 7) is 2.49. The molecule has 0 aliphatic carbocycles. The van der Waals surface area contributed by atoms with E-state index >= 15 is 0 Å². The van der Waals surface area contributed by atoms with Gasteiger partial charge in [-0.3, -0.25) is 4.68 Å². The van der Waals surface area contributed by atoms with Crippen LogP contribution in [0.1, 0.15) is 5.56 Å². The molecule has 0 radical (unpaired) electrons. The number of nitrogens with one attached hydrogen (secondary N) is 1. The van der Waals surface area contributed by atoms with E-state index in [1.807, 2.05) is 0 Å². The molecule has 6 nitrogen and oxygen atoms in total. The van der Waals surface area contributed by atoms with E-state index in [4.69, 9.17) is 5.73 Å². The van der Waals surface area contributed by atoms with Gasteiger partial charge in [0.2, 0.25) is 10.0 Å². The molecule has 0 bridgehead atoms. The Balaban J connectivity index is 2.05. The molecule has 7 heteroatoms. The molecule has 0 spiro atoms. The molecule has 0 unspecified atom stereocenters. The van der Waals surface area contributed by atoms with Crippen molar-refractivity contribution in [3.63, 3.8) is 0 Å². The molecule has 2 aromatic rings. The fourth-order valence-corrected chi connectivity index (χ4v) is 3.02. The van der Waals surface area contributed by atoms with Crippen molar-refractivity contribution < 1.29 is 8.42 Å². The standard InChI is InChI=1S/C12H16N4O2S/c1-10-9-11(13)3-4-12(10)19(17,18)15-6-8-16-7-2-5-14-16/h2-5,7,9,15H,6,8,13H2,1H3. The minimum atomic E-state index is -3.51. The molecule has 3 N–H and O–H groups in total. The highest BCUT2D eigenvalue weighted by molar-refractivity contribution is 7.89. The number of nitrogens with two attached hydrogens (primary N) is 1. The molecule has 0 saturated heterocycles. The van der Waals surface area contributed by atoms with Crippen LogP contribution in [0.15, 0.2) is 41.6 Å². The number of aryl methyl sites for hydroxylation is 1. The van der Waals surface area contributed by atoms with E-state index in [9.17, 15) is 8.42 Å². The Morgan fingerprint density at radius 2 is 2.21 bits per heavy atom. The molecular weight excluding hydrogens is 264 g/mol. The second kappa shape index (κ2) is 5.41. The lowest BCUT2D eigenvalue weighted by molar-refractivity contribution is 0.560. The largest absolute Gasteiger partial charge is 0.399 e. The number of nitrogens with zero attached hydrogens (tertiary/aromatic N) is 2. The highest BCUT2D eigenvalue weighted by Gasteiger charge is 2.15. The van der Waals surface area contributed by atoms with Crippen molar-refractivity contribution >= 4 is 15.7 Å². The van der Waals surface area contributed by atoms with Gasteiger partial charge in [0.1, 0.15) is 0 Å². The molecule has 1 aromatic carbocycles. The Bertz CT molecular complexity index is 650. The summed E-state index contributed by atoms with van der Waals surface area (Å²) in [4.78, 5) is 0.252. The minimum Gasteiger partial charge on any atom is -0.399 e. The van der Waals surface area contributed by atoms with Crippen LogP contribution in [0, 0.1) is 6.92 Å². The molecule has 2 rings (SSSR count). The zero-order valence-electron chi connectivity index (χ0n) is 10.6. The number of rotatable bonds is 5. The van der Waals surface area contributed by atoms with Gasteiger partial charge in [-0.25, -0.2) is 13.1 Å². The number of sulfonamides is 1. The van der Waals surface area contributed by atoms with Gasteiger partial charge in [-0.05, 0) is 36.8 Å². The van der Waals surface area contributed by atoms with Crippen LogP contribution in [-0.2, 0) is 16.6 Å².